The quantitative estimate of drug-likeness (QED) is 0.604. The number of aromatic nitrogens is 2. The van der Waals surface area contributed by atoms with Gasteiger partial charge in [0.1, 0.15) is 11.6 Å². The molecular formula is C24H28N4O2S. The predicted molar refractivity (Wildman–Crippen MR) is 124 cm³/mol. The number of amides is 1. The minimum absolute atomic E-state index is 0.0325. The van der Waals surface area contributed by atoms with Crippen LogP contribution in [0.5, 0.6) is 5.75 Å². The standard InChI is InChI=1S/C24H28N4O2S/c1-17-3-5-18(6-4-17)15-22-26-24(31-27-22)28-13-11-19(12-14-28)16-25-23(29)20-7-9-21(30-2)10-8-20/h3-10,19H,11-16H2,1-2H3,(H,25,29). The number of carbonyl (C=O) groups is 1. The highest BCUT2D eigenvalue weighted by Gasteiger charge is 2.22. The van der Waals surface area contributed by atoms with E-state index in [1.807, 2.05) is 12.1 Å². The maximum Gasteiger partial charge on any atom is 0.251 e. The predicted octanol–water partition coefficient (Wildman–Crippen LogP) is 4.09. The molecule has 0 saturated carbocycles. The number of benzene rings is 2. The van der Waals surface area contributed by atoms with Crippen molar-refractivity contribution in [3.63, 3.8) is 0 Å². The van der Waals surface area contributed by atoms with Crippen molar-refractivity contribution in [3.05, 3.63) is 71.0 Å². The number of piperidine rings is 1. The van der Waals surface area contributed by atoms with Crippen molar-refractivity contribution in [1.82, 2.24) is 14.7 Å². The summed E-state index contributed by atoms with van der Waals surface area (Å²) in [6.45, 7) is 4.69. The highest BCUT2D eigenvalue weighted by molar-refractivity contribution is 7.09. The zero-order valence-electron chi connectivity index (χ0n) is 18.0. The molecule has 0 radical (unpaired) electrons. The summed E-state index contributed by atoms with van der Waals surface area (Å²) in [5, 5.41) is 4.08. The summed E-state index contributed by atoms with van der Waals surface area (Å²) in [7, 11) is 1.62. The molecule has 0 bridgehead atoms. The number of carbonyl (C=O) groups excluding carboxylic acids is 1. The Kier molecular flexibility index (Phi) is 6.82. The van der Waals surface area contributed by atoms with Crippen molar-refractivity contribution in [2.24, 2.45) is 5.92 Å². The fraction of sp³-hybridized carbons (Fsp3) is 0.375. The van der Waals surface area contributed by atoms with Crippen LogP contribution in [0.15, 0.2) is 48.5 Å². The molecule has 1 amide bonds. The highest BCUT2D eigenvalue weighted by atomic mass is 32.1. The molecule has 0 atom stereocenters. The molecule has 2 heterocycles. The fourth-order valence-electron chi connectivity index (χ4n) is 3.74. The summed E-state index contributed by atoms with van der Waals surface area (Å²) in [6.07, 6.45) is 2.84. The number of nitrogens with zero attached hydrogens (tertiary/aromatic N) is 3. The summed E-state index contributed by atoms with van der Waals surface area (Å²) in [5.74, 6) is 2.09. The maximum absolute atomic E-state index is 12.4. The van der Waals surface area contributed by atoms with Gasteiger partial charge in [0.05, 0.1) is 7.11 Å². The van der Waals surface area contributed by atoms with Crippen LogP contribution in [0, 0.1) is 12.8 Å². The molecule has 4 rings (SSSR count). The molecular weight excluding hydrogens is 408 g/mol. The fourth-order valence-corrected chi connectivity index (χ4v) is 4.48. The number of hydrogen-bond donors (Lipinski definition) is 1. The van der Waals surface area contributed by atoms with Gasteiger partial charge in [0, 0.05) is 43.2 Å². The molecule has 1 aliphatic heterocycles. The number of ether oxygens (including phenoxy) is 1. The Morgan fingerprint density at radius 2 is 1.84 bits per heavy atom. The molecule has 1 aromatic heterocycles. The molecule has 3 aromatic rings. The molecule has 7 heteroatoms. The van der Waals surface area contributed by atoms with E-state index >= 15 is 0 Å². The van der Waals surface area contributed by atoms with Crippen LogP contribution in [0.4, 0.5) is 5.13 Å². The summed E-state index contributed by atoms with van der Waals surface area (Å²) < 4.78 is 9.70. The monoisotopic (exact) mass is 436 g/mol. The number of hydrogen-bond acceptors (Lipinski definition) is 6. The lowest BCUT2D eigenvalue weighted by Gasteiger charge is -2.31. The molecule has 0 unspecified atom stereocenters. The van der Waals surface area contributed by atoms with Crippen LogP contribution < -0.4 is 15.0 Å². The van der Waals surface area contributed by atoms with E-state index in [1.165, 1.54) is 22.7 Å². The smallest absolute Gasteiger partial charge is 0.251 e. The molecule has 31 heavy (non-hydrogen) atoms. The van der Waals surface area contributed by atoms with Crippen LogP contribution in [0.1, 0.15) is 40.2 Å². The largest absolute Gasteiger partial charge is 0.497 e. The summed E-state index contributed by atoms with van der Waals surface area (Å²) in [5.41, 5.74) is 3.16. The number of anilines is 1. The lowest BCUT2D eigenvalue weighted by molar-refractivity contribution is 0.0945. The normalized spacial score (nSPS) is 14.5. The van der Waals surface area contributed by atoms with Crippen molar-refractivity contribution < 1.29 is 9.53 Å². The lowest BCUT2D eigenvalue weighted by Crippen LogP contribution is -2.38. The molecule has 0 spiro atoms. The number of rotatable bonds is 7. The first-order valence-electron chi connectivity index (χ1n) is 10.7. The van der Waals surface area contributed by atoms with Gasteiger partial charge in [-0.2, -0.15) is 4.37 Å². The van der Waals surface area contributed by atoms with E-state index in [-0.39, 0.29) is 5.91 Å². The second-order valence-corrected chi connectivity index (χ2v) is 8.75. The van der Waals surface area contributed by atoms with Crippen molar-refractivity contribution >= 4 is 22.6 Å². The van der Waals surface area contributed by atoms with E-state index in [0.717, 1.165) is 49.1 Å². The Morgan fingerprint density at radius 3 is 2.52 bits per heavy atom. The number of methoxy groups -OCH3 is 1. The summed E-state index contributed by atoms with van der Waals surface area (Å²) in [6, 6.07) is 15.7. The van der Waals surface area contributed by atoms with Crippen LogP contribution in [0.3, 0.4) is 0 Å². The van der Waals surface area contributed by atoms with Gasteiger partial charge in [-0.3, -0.25) is 4.79 Å². The third kappa shape index (κ3) is 5.61. The van der Waals surface area contributed by atoms with E-state index in [0.29, 0.717) is 18.0 Å². The van der Waals surface area contributed by atoms with Crippen LogP contribution >= 0.6 is 11.5 Å². The minimum atomic E-state index is -0.0325. The Bertz CT molecular complexity index is 993. The van der Waals surface area contributed by atoms with Crippen LogP contribution in [-0.2, 0) is 6.42 Å². The third-order valence-corrected chi connectivity index (χ3v) is 6.54. The van der Waals surface area contributed by atoms with E-state index in [9.17, 15) is 4.79 Å². The second kappa shape index (κ2) is 9.92. The third-order valence-electron chi connectivity index (χ3n) is 5.73. The van der Waals surface area contributed by atoms with E-state index in [4.69, 9.17) is 9.72 Å². The zero-order valence-corrected chi connectivity index (χ0v) is 18.8. The first-order valence-corrected chi connectivity index (χ1v) is 11.4. The molecule has 1 aliphatic rings. The van der Waals surface area contributed by atoms with Crippen LogP contribution in [-0.4, -0.2) is 42.0 Å². The number of aryl methyl sites for hydroxylation is 1. The van der Waals surface area contributed by atoms with Gasteiger partial charge in [0.25, 0.3) is 5.91 Å². The van der Waals surface area contributed by atoms with E-state index in [1.54, 1.807) is 19.2 Å². The Hall–Kier alpha value is -2.93. The molecule has 1 fully saturated rings. The lowest BCUT2D eigenvalue weighted by atomic mass is 9.97. The van der Waals surface area contributed by atoms with Crippen molar-refractivity contribution in [2.45, 2.75) is 26.2 Å². The van der Waals surface area contributed by atoms with E-state index in [2.05, 4.69) is 45.8 Å². The molecule has 2 aromatic carbocycles. The van der Waals surface area contributed by atoms with Crippen molar-refractivity contribution in [3.8, 4) is 5.75 Å². The zero-order chi connectivity index (χ0) is 21.6. The molecule has 1 saturated heterocycles. The second-order valence-electron chi connectivity index (χ2n) is 8.02. The Balaban J connectivity index is 1.23. The van der Waals surface area contributed by atoms with Gasteiger partial charge in [-0.1, -0.05) is 29.8 Å². The Labute approximate surface area is 187 Å². The van der Waals surface area contributed by atoms with Gasteiger partial charge in [-0.05, 0) is 55.5 Å². The van der Waals surface area contributed by atoms with Gasteiger partial charge in [-0.15, -0.1) is 0 Å². The average molecular weight is 437 g/mol. The molecule has 0 aliphatic carbocycles. The van der Waals surface area contributed by atoms with E-state index < -0.39 is 0 Å². The minimum Gasteiger partial charge on any atom is -0.497 e. The SMILES string of the molecule is COc1ccc(C(=O)NCC2CCN(c3nc(Cc4ccc(C)cc4)ns3)CC2)cc1. The van der Waals surface area contributed by atoms with Gasteiger partial charge in [0.15, 0.2) is 0 Å². The first kappa shape index (κ1) is 21.3. The summed E-state index contributed by atoms with van der Waals surface area (Å²) >= 11 is 1.48. The molecule has 6 nitrogen and oxygen atoms in total. The van der Waals surface area contributed by atoms with Crippen molar-refractivity contribution in [2.75, 3.05) is 31.6 Å². The summed E-state index contributed by atoms with van der Waals surface area (Å²) in [4.78, 5) is 19.4. The average Bonchev–Trinajstić information content (AvgIpc) is 3.28. The van der Waals surface area contributed by atoms with Gasteiger partial charge in [-0.25, -0.2) is 4.98 Å². The first-order chi connectivity index (χ1) is 15.1. The van der Waals surface area contributed by atoms with Gasteiger partial charge >= 0.3 is 0 Å². The van der Waals surface area contributed by atoms with Crippen LogP contribution in [0.25, 0.3) is 0 Å². The topological polar surface area (TPSA) is 67.3 Å². The maximum atomic E-state index is 12.4. The molecule has 162 valence electrons. The van der Waals surface area contributed by atoms with Gasteiger partial charge in [0.2, 0.25) is 5.13 Å². The van der Waals surface area contributed by atoms with Crippen LogP contribution in [0.2, 0.25) is 0 Å². The Morgan fingerprint density at radius 1 is 1.13 bits per heavy atom. The molecule has 1 N–H and O–H groups in total. The highest BCUT2D eigenvalue weighted by Crippen LogP contribution is 2.25. The van der Waals surface area contributed by atoms with Gasteiger partial charge < -0.3 is 15.0 Å². The number of nitrogens with one attached hydrogen (secondary N) is 1. The van der Waals surface area contributed by atoms with Crippen molar-refractivity contribution in [1.29, 1.82) is 0 Å².